The molecule has 1 unspecified atom stereocenters. The van der Waals surface area contributed by atoms with Crippen molar-refractivity contribution < 1.29 is 32.5 Å². The number of rotatable bonds is 4. The molecule has 0 spiro atoms. The fraction of sp³-hybridized carbons (Fsp3) is 0.286. The number of carbonyl (C=O) groups excluding carboxylic acids is 1. The standard InChI is InChI=1S/C21H17F2N3O5/c22-21(23)30-17-7-3-5-15(18(17)31-21)20(27)26-8-9-28-13(10-26)11-29-19-14-4-1-2-6-16(14)24-12-25-19/h1-7,12-13H,8-11H2. The summed E-state index contributed by atoms with van der Waals surface area (Å²) in [6, 6.07) is 11.7. The van der Waals surface area contributed by atoms with Crippen molar-refractivity contribution in [3.05, 3.63) is 54.4 Å². The maximum Gasteiger partial charge on any atom is 0.586 e. The lowest BCUT2D eigenvalue weighted by Crippen LogP contribution is -2.47. The van der Waals surface area contributed by atoms with Crippen LogP contribution in [0.4, 0.5) is 8.78 Å². The maximum atomic E-state index is 13.4. The number of alkyl halides is 2. The summed E-state index contributed by atoms with van der Waals surface area (Å²) >= 11 is 0. The van der Waals surface area contributed by atoms with E-state index in [4.69, 9.17) is 9.47 Å². The SMILES string of the molecule is O=C(c1cccc2c1OC(F)(F)O2)N1CCOC(COc2ncnc3ccccc23)C1. The van der Waals surface area contributed by atoms with Gasteiger partial charge in [-0.3, -0.25) is 4.79 Å². The largest absolute Gasteiger partial charge is 0.586 e. The molecule has 1 fully saturated rings. The van der Waals surface area contributed by atoms with Gasteiger partial charge in [0.05, 0.1) is 29.6 Å². The number of ether oxygens (including phenoxy) is 4. The van der Waals surface area contributed by atoms with Gasteiger partial charge in [-0.05, 0) is 24.3 Å². The van der Waals surface area contributed by atoms with Crippen LogP contribution < -0.4 is 14.2 Å². The van der Waals surface area contributed by atoms with Gasteiger partial charge in [0.15, 0.2) is 11.5 Å². The fourth-order valence-electron chi connectivity index (χ4n) is 3.58. The van der Waals surface area contributed by atoms with E-state index < -0.39 is 18.3 Å². The average Bonchev–Trinajstić information content (AvgIpc) is 3.11. The zero-order valence-corrected chi connectivity index (χ0v) is 16.2. The van der Waals surface area contributed by atoms with E-state index in [1.165, 1.54) is 29.4 Å². The van der Waals surface area contributed by atoms with E-state index in [1.54, 1.807) is 0 Å². The number of halogens is 2. The Morgan fingerprint density at radius 2 is 2.03 bits per heavy atom. The van der Waals surface area contributed by atoms with Gasteiger partial charge in [0.1, 0.15) is 19.0 Å². The number of hydrogen-bond acceptors (Lipinski definition) is 7. The van der Waals surface area contributed by atoms with Crippen molar-refractivity contribution in [1.82, 2.24) is 14.9 Å². The zero-order valence-electron chi connectivity index (χ0n) is 16.2. The third-order valence-electron chi connectivity index (χ3n) is 5.00. The molecular weight excluding hydrogens is 412 g/mol. The summed E-state index contributed by atoms with van der Waals surface area (Å²) in [6.07, 6.45) is -2.79. The molecule has 3 heterocycles. The lowest BCUT2D eigenvalue weighted by atomic mass is 10.1. The maximum absolute atomic E-state index is 13.4. The molecule has 1 amide bonds. The second-order valence-corrected chi connectivity index (χ2v) is 7.05. The van der Waals surface area contributed by atoms with Gasteiger partial charge in [0.25, 0.3) is 5.91 Å². The first-order valence-corrected chi connectivity index (χ1v) is 9.62. The lowest BCUT2D eigenvalue weighted by Gasteiger charge is -2.33. The molecule has 2 aliphatic heterocycles. The minimum atomic E-state index is -3.79. The number of nitrogens with zero attached hydrogens (tertiary/aromatic N) is 3. The molecule has 160 valence electrons. The third-order valence-corrected chi connectivity index (χ3v) is 5.00. The van der Waals surface area contributed by atoms with Gasteiger partial charge >= 0.3 is 6.29 Å². The van der Waals surface area contributed by atoms with Crippen LogP contribution in [0.5, 0.6) is 17.4 Å². The van der Waals surface area contributed by atoms with Crippen LogP contribution in [0.3, 0.4) is 0 Å². The summed E-state index contributed by atoms with van der Waals surface area (Å²) in [7, 11) is 0. The molecule has 3 aromatic rings. The average molecular weight is 429 g/mol. The second kappa shape index (κ2) is 7.62. The van der Waals surface area contributed by atoms with E-state index in [1.807, 2.05) is 24.3 Å². The van der Waals surface area contributed by atoms with E-state index in [-0.39, 0.29) is 36.8 Å². The van der Waals surface area contributed by atoms with Crippen LogP contribution in [0.25, 0.3) is 10.9 Å². The van der Waals surface area contributed by atoms with Gasteiger partial charge < -0.3 is 23.8 Å². The predicted molar refractivity (Wildman–Crippen MR) is 103 cm³/mol. The van der Waals surface area contributed by atoms with Crippen LogP contribution in [-0.4, -0.2) is 59.5 Å². The highest BCUT2D eigenvalue weighted by Crippen LogP contribution is 2.43. The van der Waals surface area contributed by atoms with Crippen LogP contribution >= 0.6 is 0 Å². The van der Waals surface area contributed by atoms with Crippen molar-refractivity contribution >= 4 is 16.8 Å². The van der Waals surface area contributed by atoms with Gasteiger partial charge in [-0.15, -0.1) is 8.78 Å². The summed E-state index contributed by atoms with van der Waals surface area (Å²) in [5.41, 5.74) is 0.767. The Bertz CT molecular complexity index is 1140. The zero-order chi connectivity index (χ0) is 21.4. The topological polar surface area (TPSA) is 83.0 Å². The quantitative estimate of drug-likeness (QED) is 0.631. The number of carbonyl (C=O) groups is 1. The summed E-state index contributed by atoms with van der Waals surface area (Å²) in [6.45, 7) is 0.984. The lowest BCUT2D eigenvalue weighted by molar-refractivity contribution is -0.286. The number of para-hydroxylation sites is 2. The van der Waals surface area contributed by atoms with Crippen molar-refractivity contribution in [1.29, 1.82) is 0 Å². The van der Waals surface area contributed by atoms with E-state index in [2.05, 4.69) is 19.4 Å². The van der Waals surface area contributed by atoms with E-state index in [9.17, 15) is 13.6 Å². The van der Waals surface area contributed by atoms with E-state index in [0.29, 0.717) is 12.4 Å². The van der Waals surface area contributed by atoms with Crippen LogP contribution in [0, 0.1) is 0 Å². The molecule has 1 atom stereocenters. The first kappa shape index (κ1) is 19.4. The molecular formula is C21H17F2N3O5. The first-order valence-electron chi connectivity index (χ1n) is 9.62. The number of hydrogen-bond donors (Lipinski definition) is 0. The van der Waals surface area contributed by atoms with Crippen LogP contribution in [0.1, 0.15) is 10.4 Å². The fourth-order valence-corrected chi connectivity index (χ4v) is 3.58. The first-order chi connectivity index (χ1) is 15.0. The molecule has 8 nitrogen and oxygen atoms in total. The van der Waals surface area contributed by atoms with Crippen molar-refractivity contribution in [2.45, 2.75) is 12.4 Å². The number of amides is 1. The molecule has 31 heavy (non-hydrogen) atoms. The molecule has 0 radical (unpaired) electrons. The second-order valence-electron chi connectivity index (χ2n) is 7.05. The number of morpholine rings is 1. The van der Waals surface area contributed by atoms with Crippen molar-refractivity contribution in [3.63, 3.8) is 0 Å². The molecule has 0 N–H and O–H groups in total. The summed E-state index contributed by atoms with van der Waals surface area (Å²) < 4.78 is 47.4. The monoisotopic (exact) mass is 429 g/mol. The Labute approximate surface area is 175 Å². The highest BCUT2D eigenvalue weighted by Gasteiger charge is 2.45. The summed E-state index contributed by atoms with van der Waals surface area (Å²) in [5.74, 6) is -0.450. The minimum absolute atomic E-state index is 0.0121. The Morgan fingerprint density at radius 1 is 1.16 bits per heavy atom. The van der Waals surface area contributed by atoms with Crippen molar-refractivity contribution in [2.24, 2.45) is 0 Å². The molecule has 0 saturated carbocycles. The van der Waals surface area contributed by atoms with Gasteiger partial charge in [0, 0.05) is 6.54 Å². The predicted octanol–water partition coefficient (Wildman–Crippen LogP) is 2.87. The Morgan fingerprint density at radius 3 is 2.94 bits per heavy atom. The Kier molecular flexibility index (Phi) is 4.78. The van der Waals surface area contributed by atoms with Gasteiger partial charge in [0.2, 0.25) is 5.88 Å². The molecule has 2 aliphatic rings. The van der Waals surface area contributed by atoms with Gasteiger partial charge in [-0.2, -0.15) is 0 Å². The molecule has 10 heteroatoms. The number of benzene rings is 2. The number of fused-ring (bicyclic) bond motifs is 2. The van der Waals surface area contributed by atoms with Crippen LogP contribution in [-0.2, 0) is 4.74 Å². The molecule has 1 aromatic heterocycles. The van der Waals surface area contributed by atoms with Crippen molar-refractivity contribution in [3.8, 4) is 17.4 Å². The summed E-state index contributed by atoms with van der Waals surface area (Å²) in [4.78, 5) is 22.9. The Balaban J connectivity index is 1.28. The van der Waals surface area contributed by atoms with Gasteiger partial charge in [-0.1, -0.05) is 18.2 Å². The normalized spacial score (nSPS) is 19.4. The molecule has 1 saturated heterocycles. The van der Waals surface area contributed by atoms with E-state index >= 15 is 0 Å². The minimum Gasteiger partial charge on any atom is -0.474 e. The van der Waals surface area contributed by atoms with Crippen molar-refractivity contribution in [2.75, 3.05) is 26.3 Å². The molecule has 0 bridgehead atoms. The number of aromatic nitrogens is 2. The van der Waals surface area contributed by atoms with Crippen LogP contribution in [0.2, 0.25) is 0 Å². The molecule has 2 aromatic carbocycles. The summed E-state index contributed by atoms with van der Waals surface area (Å²) in [5, 5.41) is 0.770. The smallest absolute Gasteiger partial charge is 0.474 e. The van der Waals surface area contributed by atoms with Crippen LogP contribution in [0.15, 0.2) is 48.8 Å². The molecule has 0 aliphatic carbocycles. The highest BCUT2D eigenvalue weighted by molar-refractivity contribution is 5.98. The van der Waals surface area contributed by atoms with Gasteiger partial charge in [-0.25, -0.2) is 9.97 Å². The molecule has 5 rings (SSSR count). The highest BCUT2D eigenvalue weighted by atomic mass is 19.3. The third kappa shape index (κ3) is 3.81. The van der Waals surface area contributed by atoms with E-state index in [0.717, 1.165) is 10.9 Å². The Hall–Kier alpha value is -3.53.